The summed E-state index contributed by atoms with van der Waals surface area (Å²) in [4.78, 5) is 50.1. The maximum Gasteiger partial charge on any atom is 0.315 e. The largest absolute Gasteiger partial charge is 0.376 e. The van der Waals surface area contributed by atoms with E-state index in [1.165, 1.54) is 0 Å². The Labute approximate surface area is 195 Å². The van der Waals surface area contributed by atoms with Crippen LogP contribution in [0.25, 0.3) is 0 Å². The van der Waals surface area contributed by atoms with Crippen LogP contribution >= 0.6 is 0 Å². The SMILES string of the molecule is CCC(NC(=O)[C@H](CC(C)C)NC(=O)NCc1ccccc1)C(=O)C(=O)NCC1CCCO1. The summed E-state index contributed by atoms with van der Waals surface area (Å²) >= 11 is 0. The first-order valence-electron chi connectivity index (χ1n) is 11.6. The Bertz CT molecular complexity index is 793. The van der Waals surface area contributed by atoms with Crippen LogP contribution in [0.4, 0.5) is 4.79 Å². The molecule has 0 aliphatic carbocycles. The zero-order chi connectivity index (χ0) is 24.2. The van der Waals surface area contributed by atoms with Crippen molar-refractivity contribution in [1.29, 1.82) is 0 Å². The van der Waals surface area contributed by atoms with Gasteiger partial charge in [0.2, 0.25) is 11.7 Å². The molecule has 9 nitrogen and oxygen atoms in total. The van der Waals surface area contributed by atoms with E-state index in [-0.39, 0.29) is 25.0 Å². The van der Waals surface area contributed by atoms with E-state index in [9.17, 15) is 19.2 Å². The lowest BCUT2D eigenvalue weighted by molar-refractivity contribution is -0.140. The lowest BCUT2D eigenvalue weighted by atomic mass is 10.0. The van der Waals surface area contributed by atoms with E-state index in [2.05, 4.69) is 21.3 Å². The smallest absolute Gasteiger partial charge is 0.315 e. The van der Waals surface area contributed by atoms with Crippen molar-refractivity contribution in [3.05, 3.63) is 35.9 Å². The summed E-state index contributed by atoms with van der Waals surface area (Å²) in [5.41, 5.74) is 0.933. The van der Waals surface area contributed by atoms with Gasteiger partial charge >= 0.3 is 6.03 Å². The minimum absolute atomic E-state index is 0.0783. The molecule has 1 aliphatic rings. The summed E-state index contributed by atoms with van der Waals surface area (Å²) < 4.78 is 5.45. The van der Waals surface area contributed by atoms with Crippen LogP contribution in [0.1, 0.15) is 52.0 Å². The summed E-state index contributed by atoms with van der Waals surface area (Å²) in [5, 5.41) is 10.7. The van der Waals surface area contributed by atoms with E-state index in [1.54, 1.807) is 6.92 Å². The van der Waals surface area contributed by atoms with E-state index in [1.807, 2.05) is 44.2 Å². The van der Waals surface area contributed by atoms with Crippen molar-refractivity contribution in [3.8, 4) is 0 Å². The Morgan fingerprint density at radius 3 is 2.36 bits per heavy atom. The maximum absolute atomic E-state index is 12.9. The highest BCUT2D eigenvalue weighted by atomic mass is 16.5. The number of urea groups is 1. The van der Waals surface area contributed by atoms with Crippen molar-refractivity contribution in [2.45, 2.75) is 71.2 Å². The molecule has 0 saturated carbocycles. The fraction of sp³-hybridized carbons (Fsp3) is 0.583. The summed E-state index contributed by atoms with van der Waals surface area (Å²) in [6.07, 6.45) is 2.35. The third kappa shape index (κ3) is 9.21. The first-order valence-corrected chi connectivity index (χ1v) is 11.6. The number of amides is 4. The maximum atomic E-state index is 12.9. The van der Waals surface area contributed by atoms with Crippen LogP contribution in [0.5, 0.6) is 0 Å². The van der Waals surface area contributed by atoms with Gasteiger partial charge in [-0.05, 0) is 37.2 Å². The number of hydrogen-bond donors (Lipinski definition) is 4. The van der Waals surface area contributed by atoms with Crippen LogP contribution in [-0.4, -0.2) is 55.0 Å². The lowest BCUT2D eigenvalue weighted by Crippen LogP contribution is -2.55. The Kier molecular flexibility index (Phi) is 10.8. The topological polar surface area (TPSA) is 126 Å². The Balaban J connectivity index is 1.90. The summed E-state index contributed by atoms with van der Waals surface area (Å²) in [5.74, 6) is -1.82. The van der Waals surface area contributed by atoms with Crippen LogP contribution in [0.15, 0.2) is 30.3 Å². The predicted octanol–water partition coefficient (Wildman–Crippen LogP) is 1.66. The zero-order valence-corrected chi connectivity index (χ0v) is 19.7. The normalized spacial score (nSPS) is 17.2. The molecule has 2 unspecified atom stereocenters. The quantitative estimate of drug-likeness (QED) is 0.353. The minimum atomic E-state index is -0.967. The molecule has 2 rings (SSSR count). The second-order valence-corrected chi connectivity index (χ2v) is 8.67. The average molecular weight is 461 g/mol. The molecule has 1 fully saturated rings. The first-order chi connectivity index (χ1) is 15.8. The van der Waals surface area contributed by atoms with Crippen molar-refractivity contribution in [2.24, 2.45) is 5.92 Å². The fourth-order valence-electron chi connectivity index (χ4n) is 3.57. The van der Waals surface area contributed by atoms with Gasteiger partial charge in [0.15, 0.2) is 0 Å². The molecule has 3 atom stereocenters. The number of nitrogens with one attached hydrogen (secondary N) is 4. The molecular weight excluding hydrogens is 424 g/mol. The molecule has 1 heterocycles. The Hall–Kier alpha value is -2.94. The number of rotatable bonds is 12. The average Bonchev–Trinajstić information content (AvgIpc) is 3.32. The van der Waals surface area contributed by atoms with Gasteiger partial charge in [-0.2, -0.15) is 0 Å². The zero-order valence-electron chi connectivity index (χ0n) is 19.7. The number of benzene rings is 1. The molecule has 0 spiro atoms. The molecule has 1 aromatic carbocycles. The summed E-state index contributed by atoms with van der Waals surface area (Å²) in [6.45, 7) is 6.84. The van der Waals surface area contributed by atoms with E-state index < -0.39 is 35.7 Å². The van der Waals surface area contributed by atoms with Gasteiger partial charge < -0.3 is 26.0 Å². The molecule has 0 radical (unpaired) electrons. The van der Waals surface area contributed by atoms with E-state index in [4.69, 9.17) is 4.74 Å². The molecular formula is C24H36N4O5. The number of ether oxygens (including phenoxy) is 1. The standard InChI is InChI=1S/C24H36N4O5/c1-4-19(21(29)23(31)25-15-18-11-8-12-33-18)27-22(30)20(13-16(2)3)28-24(32)26-14-17-9-6-5-7-10-17/h5-7,9-10,16,18-20H,4,8,11-15H2,1-3H3,(H,25,31)(H,27,30)(H2,26,28,32)/t18?,19?,20-/m0/s1. The van der Waals surface area contributed by atoms with Gasteiger partial charge in [-0.3, -0.25) is 14.4 Å². The number of carbonyl (C=O) groups excluding carboxylic acids is 4. The van der Waals surface area contributed by atoms with Gasteiger partial charge in [0.25, 0.3) is 5.91 Å². The highest BCUT2D eigenvalue weighted by molar-refractivity contribution is 6.38. The van der Waals surface area contributed by atoms with Gasteiger partial charge in [0.1, 0.15) is 6.04 Å². The molecule has 0 bridgehead atoms. The third-order valence-corrected chi connectivity index (χ3v) is 5.40. The molecule has 0 aromatic heterocycles. The van der Waals surface area contributed by atoms with Gasteiger partial charge in [-0.15, -0.1) is 0 Å². The molecule has 1 aliphatic heterocycles. The lowest BCUT2D eigenvalue weighted by Gasteiger charge is -2.23. The first kappa shape index (κ1) is 26.3. The van der Waals surface area contributed by atoms with Gasteiger partial charge in [0, 0.05) is 19.7 Å². The van der Waals surface area contributed by atoms with Gasteiger partial charge in [-0.1, -0.05) is 51.1 Å². The molecule has 4 amide bonds. The number of Topliss-reactive ketones (excluding diaryl/α,β-unsaturated/α-hetero) is 1. The number of hydrogen-bond acceptors (Lipinski definition) is 5. The molecule has 9 heteroatoms. The van der Waals surface area contributed by atoms with Crippen molar-refractivity contribution in [1.82, 2.24) is 21.3 Å². The number of ketones is 1. The molecule has 33 heavy (non-hydrogen) atoms. The molecule has 1 aromatic rings. The van der Waals surface area contributed by atoms with Crippen LogP contribution in [-0.2, 0) is 25.7 Å². The van der Waals surface area contributed by atoms with Gasteiger partial charge in [-0.25, -0.2) is 4.79 Å². The van der Waals surface area contributed by atoms with Crippen molar-refractivity contribution in [2.75, 3.05) is 13.2 Å². The van der Waals surface area contributed by atoms with Gasteiger partial charge in [0.05, 0.1) is 12.1 Å². The fourth-order valence-corrected chi connectivity index (χ4v) is 3.57. The van der Waals surface area contributed by atoms with Crippen LogP contribution in [0.3, 0.4) is 0 Å². The van der Waals surface area contributed by atoms with E-state index in [0.29, 0.717) is 19.6 Å². The predicted molar refractivity (Wildman–Crippen MR) is 124 cm³/mol. The highest BCUT2D eigenvalue weighted by Crippen LogP contribution is 2.11. The van der Waals surface area contributed by atoms with Crippen LogP contribution in [0.2, 0.25) is 0 Å². The summed E-state index contributed by atoms with van der Waals surface area (Å²) in [6, 6.07) is 7.14. The summed E-state index contributed by atoms with van der Waals surface area (Å²) in [7, 11) is 0. The second kappa shape index (κ2) is 13.6. The van der Waals surface area contributed by atoms with Crippen LogP contribution in [0, 0.1) is 5.92 Å². The van der Waals surface area contributed by atoms with E-state index >= 15 is 0 Å². The second-order valence-electron chi connectivity index (χ2n) is 8.67. The molecule has 1 saturated heterocycles. The van der Waals surface area contributed by atoms with Crippen molar-refractivity contribution < 1.29 is 23.9 Å². The Morgan fingerprint density at radius 2 is 1.76 bits per heavy atom. The van der Waals surface area contributed by atoms with Crippen molar-refractivity contribution >= 4 is 23.6 Å². The van der Waals surface area contributed by atoms with Crippen molar-refractivity contribution in [3.63, 3.8) is 0 Å². The monoisotopic (exact) mass is 460 g/mol. The number of carbonyl (C=O) groups is 4. The minimum Gasteiger partial charge on any atom is -0.376 e. The highest BCUT2D eigenvalue weighted by Gasteiger charge is 2.30. The Morgan fingerprint density at radius 1 is 1.03 bits per heavy atom. The molecule has 4 N–H and O–H groups in total. The van der Waals surface area contributed by atoms with Crippen LogP contribution < -0.4 is 21.3 Å². The third-order valence-electron chi connectivity index (χ3n) is 5.40. The molecule has 182 valence electrons. The van der Waals surface area contributed by atoms with E-state index in [0.717, 1.165) is 18.4 Å².